The van der Waals surface area contributed by atoms with Crippen LogP contribution in [-0.4, -0.2) is 16.3 Å². The minimum atomic E-state index is -1.37. The number of allylic oxidation sites excluding steroid dienone is 1. The number of nitrogens with one attached hydrogen (secondary N) is 1. The van der Waals surface area contributed by atoms with Crippen molar-refractivity contribution >= 4 is 34.6 Å². The van der Waals surface area contributed by atoms with Crippen LogP contribution in [-0.2, 0) is 5.85 Å². The van der Waals surface area contributed by atoms with Gasteiger partial charge in [0.2, 0.25) is 0 Å². The number of hydrogen-bond donors (Lipinski definition) is 2. The smallest absolute Gasteiger partial charge is 0.271 e. The summed E-state index contributed by atoms with van der Waals surface area (Å²) in [5.74, 6) is -1.37. The zero-order valence-electron chi connectivity index (χ0n) is 8.70. The molecule has 2 aromatic heterocycles. The number of thiazole rings is 1. The number of aromatic nitrogens is 1. The van der Waals surface area contributed by atoms with Crippen molar-refractivity contribution in [3.63, 3.8) is 0 Å². The molecule has 1 aliphatic heterocycles. The Morgan fingerprint density at radius 1 is 1.29 bits per heavy atom. The fourth-order valence-corrected chi connectivity index (χ4v) is 2.91. The normalized spacial score (nSPS) is 23.2. The van der Waals surface area contributed by atoms with E-state index in [0.717, 1.165) is 15.6 Å². The lowest BCUT2D eigenvalue weighted by atomic mass is 10.2. The molecule has 1 aliphatic rings. The number of thiophene rings is 1. The largest absolute Gasteiger partial charge is 0.348 e. The SMILES string of the molecule is OC1(c2cccs2)N=CC=C(c2nccs2)N1. The third-order valence-electron chi connectivity index (χ3n) is 2.34. The van der Waals surface area contributed by atoms with Crippen LogP contribution < -0.4 is 5.32 Å². The Morgan fingerprint density at radius 2 is 2.24 bits per heavy atom. The van der Waals surface area contributed by atoms with E-state index in [1.807, 2.05) is 22.9 Å². The van der Waals surface area contributed by atoms with Crippen molar-refractivity contribution < 1.29 is 5.11 Å². The molecule has 3 heterocycles. The third-order valence-corrected chi connectivity index (χ3v) is 4.11. The molecule has 6 heteroatoms. The van der Waals surface area contributed by atoms with E-state index in [9.17, 15) is 5.11 Å². The van der Waals surface area contributed by atoms with Gasteiger partial charge in [-0.2, -0.15) is 0 Å². The Bertz CT molecular complexity index is 560. The molecule has 2 aromatic rings. The second-order valence-corrected chi connectivity index (χ2v) is 5.31. The summed E-state index contributed by atoms with van der Waals surface area (Å²) in [7, 11) is 0. The molecule has 4 nitrogen and oxygen atoms in total. The molecule has 0 spiro atoms. The van der Waals surface area contributed by atoms with Crippen molar-refractivity contribution in [3.05, 3.63) is 45.1 Å². The third kappa shape index (κ3) is 1.90. The molecule has 0 amide bonds. The summed E-state index contributed by atoms with van der Waals surface area (Å²) >= 11 is 2.97. The Hall–Kier alpha value is -1.50. The predicted molar refractivity (Wildman–Crippen MR) is 69.9 cm³/mol. The first-order chi connectivity index (χ1) is 8.28. The number of rotatable bonds is 2. The highest BCUT2D eigenvalue weighted by atomic mass is 32.1. The standard InChI is InChI=1S/C11H9N3OS2/c15-11(9-2-1-6-16-9)13-4-3-8(14-11)10-12-5-7-17-10/h1-7,14-15H. The number of aliphatic imine (C=N–C) groups is 1. The van der Waals surface area contributed by atoms with Crippen molar-refractivity contribution in [3.8, 4) is 0 Å². The van der Waals surface area contributed by atoms with Gasteiger partial charge in [0.05, 0.1) is 10.6 Å². The van der Waals surface area contributed by atoms with Gasteiger partial charge in [-0.1, -0.05) is 6.07 Å². The summed E-state index contributed by atoms with van der Waals surface area (Å²) in [4.78, 5) is 9.06. The van der Waals surface area contributed by atoms with Gasteiger partial charge in [-0.05, 0) is 17.5 Å². The molecule has 0 aliphatic carbocycles. The lowest BCUT2D eigenvalue weighted by Crippen LogP contribution is -2.40. The van der Waals surface area contributed by atoms with E-state index in [0.29, 0.717) is 0 Å². The van der Waals surface area contributed by atoms with E-state index in [2.05, 4.69) is 15.3 Å². The number of nitrogens with zero attached hydrogens (tertiary/aromatic N) is 2. The molecule has 0 fully saturated rings. The maximum Gasteiger partial charge on any atom is 0.271 e. The zero-order valence-corrected chi connectivity index (χ0v) is 10.3. The maximum atomic E-state index is 10.4. The van der Waals surface area contributed by atoms with Crippen LogP contribution in [0.3, 0.4) is 0 Å². The van der Waals surface area contributed by atoms with E-state index >= 15 is 0 Å². The monoisotopic (exact) mass is 263 g/mol. The summed E-state index contributed by atoms with van der Waals surface area (Å²) in [5, 5.41) is 18.1. The topological polar surface area (TPSA) is 57.5 Å². The van der Waals surface area contributed by atoms with E-state index in [-0.39, 0.29) is 0 Å². The van der Waals surface area contributed by atoms with Crippen molar-refractivity contribution in [2.45, 2.75) is 5.85 Å². The van der Waals surface area contributed by atoms with Gasteiger partial charge in [-0.3, -0.25) is 0 Å². The predicted octanol–water partition coefficient (Wildman–Crippen LogP) is 2.02. The van der Waals surface area contributed by atoms with Gasteiger partial charge in [0.15, 0.2) is 0 Å². The highest BCUT2D eigenvalue weighted by molar-refractivity contribution is 7.10. The van der Waals surface area contributed by atoms with Gasteiger partial charge in [-0.15, -0.1) is 22.7 Å². The van der Waals surface area contributed by atoms with Crippen LogP contribution >= 0.6 is 22.7 Å². The van der Waals surface area contributed by atoms with E-state index < -0.39 is 5.85 Å². The van der Waals surface area contributed by atoms with Gasteiger partial charge in [0.1, 0.15) is 5.01 Å². The van der Waals surface area contributed by atoms with E-state index in [4.69, 9.17) is 0 Å². The van der Waals surface area contributed by atoms with Crippen LogP contribution in [0.4, 0.5) is 0 Å². The molecule has 3 rings (SSSR count). The Balaban J connectivity index is 1.94. The highest BCUT2D eigenvalue weighted by Gasteiger charge is 2.32. The Labute approximate surface area is 106 Å². The van der Waals surface area contributed by atoms with Gasteiger partial charge in [0.25, 0.3) is 5.85 Å². The Morgan fingerprint density at radius 3 is 2.94 bits per heavy atom. The second kappa shape index (κ2) is 4.06. The summed E-state index contributed by atoms with van der Waals surface area (Å²) in [5.41, 5.74) is 0.783. The highest BCUT2D eigenvalue weighted by Crippen LogP contribution is 2.29. The van der Waals surface area contributed by atoms with Gasteiger partial charge < -0.3 is 10.4 Å². The fourth-order valence-electron chi connectivity index (χ4n) is 1.56. The molecule has 17 heavy (non-hydrogen) atoms. The summed E-state index contributed by atoms with van der Waals surface area (Å²) in [6.45, 7) is 0. The number of hydrogen-bond acceptors (Lipinski definition) is 6. The first-order valence-corrected chi connectivity index (χ1v) is 6.74. The van der Waals surface area contributed by atoms with Crippen molar-refractivity contribution in [2.75, 3.05) is 0 Å². The lowest BCUT2D eigenvalue weighted by Gasteiger charge is -2.27. The van der Waals surface area contributed by atoms with Crippen LogP contribution in [0, 0.1) is 0 Å². The summed E-state index contributed by atoms with van der Waals surface area (Å²) < 4.78 is 0. The zero-order chi connectivity index (χ0) is 11.7. The molecule has 2 N–H and O–H groups in total. The van der Waals surface area contributed by atoms with Crippen LogP contribution in [0.2, 0.25) is 0 Å². The average Bonchev–Trinajstić information content (AvgIpc) is 3.03. The van der Waals surface area contributed by atoms with Crippen molar-refractivity contribution in [1.82, 2.24) is 10.3 Å². The number of aliphatic hydroxyl groups is 1. The molecular weight excluding hydrogens is 254 g/mol. The first-order valence-electron chi connectivity index (χ1n) is 4.98. The quantitative estimate of drug-likeness (QED) is 0.871. The van der Waals surface area contributed by atoms with E-state index in [1.165, 1.54) is 22.7 Å². The molecule has 1 unspecified atom stereocenters. The molecule has 0 radical (unpaired) electrons. The summed E-state index contributed by atoms with van der Waals surface area (Å²) in [6, 6.07) is 3.73. The lowest BCUT2D eigenvalue weighted by molar-refractivity contribution is 0.0306. The van der Waals surface area contributed by atoms with Crippen LogP contribution in [0.1, 0.15) is 9.88 Å². The summed E-state index contributed by atoms with van der Waals surface area (Å²) in [6.07, 6.45) is 5.15. The van der Waals surface area contributed by atoms with Gasteiger partial charge >= 0.3 is 0 Å². The molecule has 0 bridgehead atoms. The Kier molecular flexibility index (Phi) is 2.54. The van der Waals surface area contributed by atoms with E-state index in [1.54, 1.807) is 18.5 Å². The maximum absolute atomic E-state index is 10.4. The van der Waals surface area contributed by atoms with Crippen molar-refractivity contribution in [1.29, 1.82) is 0 Å². The van der Waals surface area contributed by atoms with Crippen LogP contribution in [0.25, 0.3) is 5.70 Å². The van der Waals surface area contributed by atoms with Crippen molar-refractivity contribution in [2.24, 2.45) is 4.99 Å². The minimum absolute atomic E-state index is 0.760. The molecule has 0 saturated heterocycles. The van der Waals surface area contributed by atoms with Gasteiger partial charge in [0, 0.05) is 17.8 Å². The molecule has 0 saturated carbocycles. The average molecular weight is 263 g/mol. The van der Waals surface area contributed by atoms with Gasteiger partial charge in [-0.25, -0.2) is 9.98 Å². The fraction of sp³-hybridized carbons (Fsp3) is 0.0909. The first kappa shape index (κ1) is 10.6. The molecule has 86 valence electrons. The molecule has 1 atom stereocenters. The minimum Gasteiger partial charge on any atom is -0.348 e. The second-order valence-electron chi connectivity index (χ2n) is 3.47. The molecule has 0 aromatic carbocycles. The van der Waals surface area contributed by atoms with Crippen LogP contribution in [0.15, 0.2) is 40.2 Å². The van der Waals surface area contributed by atoms with Crippen LogP contribution in [0.5, 0.6) is 0 Å². The molecular formula is C11H9N3OS2.